The number of carbonyl (C=O) groups is 1. The molecule has 13 heteroatoms. The molecular weight excluding hydrogens is 500 g/mol. The molecule has 186 valence electrons. The molecule has 1 aliphatic rings. The maximum atomic E-state index is 15.5. The molecule has 1 amide bonds. The highest BCUT2D eigenvalue weighted by molar-refractivity contribution is 7.92. The lowest BCUT2D eigenvalue weighted by molar-refractivity contribution is -0.141. The quantitative estimate of drug-likeness (QED) is 0.601. The minimum atomic E-state index is -4.99. The fourth-order valence-electron chi connectivity index (χ4n) is 3.70. The zero-order chi connectivity index (χ0) is 25.5. The largest absolute Gasteiger partial charge is 0.433 e. The molecule has 0 bridgehead atoms. The highest BCUT2D eigenvalue weighted by atomic mass is 32.2. The van der Waals surface area contributed by atoms with Crippen molar-refractivity contribution >= 4 is 25.6 Å². The predicted octanol–water partition coefficient (Wildman–Crippen LogP) is 3.62. The molecule has 0 spiro atoms. The molecule has 0 unspecified atom stereocenters. The van der Waals surface area contributed by atoms with Crippen molar-refractivity contribution in [2.24, 2.45) is 0 Å². The summed E-state index contributed by atoms with van der Waals surface area (Å²) in [7, 11) is -8.45. The SMILES string of the molecule is Cc1cccc(S(=O)(=O)C2(F)CCC(NC(=O)c3cc(C(F)(F)F)nc(S(C)(=O)=O)c3)CC2)c1. The van der Waals surface area contributed by atoms with E-state index in [4.69, 9.17) is 0 Å². The summed E-state index contributed by atoms with van der Waals surface area (Å²) >= 11 is 0. The Balaban J connectivity index is 1.77. The number of nitrogens with one attached hydrogen (secondary N) is 1. The summed E-state index contributed by atoms with van der Waals surface area (Å²) in [5.74, 6) is -1.00. The Labute approximate surface area is 194 Å². The van der Waals surface area contributed by atoms with Crippen molar-refractivity contribution in [2.75, 3.05) is 6.26 Å². The van der Waals surface area contributed by atoms with E-state index in [1.54, 1.807) is 13.0 Å². The Kier molecular flexibility index (Phi) is 6.83. The van der Waals surface area contributed by atoms with Crippen molar-refractivity contribution in [1.29, 1.82) is 0 Å². The van der Waals surface area contributed by atoms with E-state index >= 15 is 4.39 Å². The van der Waals surface area contributed by atoms with Gasteiger partial charge in [-0.3, -0.25) is 4.79 Å². The summed E-state index contributed by atoms with van der Waals surface area (Å²) < 4.78 is 104. The molecule has 34 heavy (non-hydrogen) atoms. The Morgan fingerprint density at radius 2 is 1.71 bits per heavy atom. The van der Waals surface area contributed by atoms with E-state index in [2.05, 4.69) is 10.3 Å². The Morgan fingerprint density at radius 1 is 1.09 bits per heavy atom. The summed E-state index contributed by atoms with van der Waals surface area (Å²) in [6.07, 6.45) is -5.33. The number of alkyl halides is 4. The van der Waals surface area contributed by atoms with Crippen molar-refractivity contribution in [2.45, 2.75) is 59.7 Å². The smallest absolute Gasteiger partial charge is 0.349 e. The van der Waals surface area contributed by atoms with Crippen LogP contribution in [0.15, 0.2) is 46.3 Å². The molecule has 1 N–H and O–H groups in total. The molecule has 1 saturated carbocycles. The maximum Gasteiger partial charge on any atom is 0.433 e. The van der Waals surface area contributed by atoms with Gasteiger partial charge in [0.05, 0.1) is 4.90 Å². The fourth-order valence-corrected chi connectivity index (χ4v) is 6.10. The van der Waals surface area contributed by atoms with Crippen molar-refractivity contribution < 1.29 is 39.2 Å². The van der Waals surface area contributed by atoms with Gasteiger partial charge in [0, 0.05) is 17.9 Å². The van der Waals surface area contributed by atoms with Crippen molar-refractivity contribution in [3.05, 3.63) is 53.2 Å². The van der Waals surface area contributed by atoms with E-state index in [9.17, 15) is 34.8 Å². The second-order valence-electron chi connectivity index (χ2n) is 8.30. The highest BCUT2D eigenvalue weighted by Crippen LogP contribution is 2.40. The van der Waals surface area contributed by atoms with Crippen LogP contribution in [-0.2, 0) is 25.9 Å². The lowest BCUT2D eigenvalue weighted by atomic mass is 9.93. The second kappa shape index (κ2) is 8.91. The third-order valence-electron chi connectivity index (χ3n) is 5.58. The predicted molar refractivity (Wildman–Crippen MR) is 114 cm³/mol. The molecule has 1 aromatic heterocycles. The van der Waals surface area contributed by atoms with E-state index in [0.717, 1.165) is 6.07 Å². The molecule has 0 saturated heterocycles. The zero-order valence-electron chi connectivity index (χ0n) is 18.2. The van der Waals surface area contributed by atoms with Gasteiger partial charge in [0.15, 0.2) is 14.9 Å². The van der Waals surface area contributed by atoms with Gasteiger partial charge < -0.3 is 5.32 Å². The Hall–Kier alpha value is -2.54. The van der Waals surface area contributed by atoms with Gasteiger partial charge in [0.1, 0.15) is 5.69 Å². The molecule has 0 aliphatic heterocycles. The fraction of sp³-hybridized carbons (Fsp3) is 0.429. The number of benzene rings is 1. The summed E-state index contributed by atoms with van der Waals surface area (Å²) in [6, 6.07) is 6.29. The summed E-state index contributed by atoms with van der Waals surface area (Å²) in [6.45, 7) is 1.68. The molecule has 0 radical (unpaired) electrons. The van der Waals surface area contributed by atoms with Crippen LogP contribution in [0.4, 0.5) is 17.6 Å². The number of carbonyl (C=O) groups excluding carboxylic acids is 1. The average molecular weight is 523 g/mol. The third-order valence-corrected chi connectivity index (χ3v) is 8.80. The molecule has 1 fully saturated rings. The normalized spacial score (nSPS) is 21.8. The third kappa shape index (κ3) is 5.40. The molecule has 1 aliphatic carbocycles. The van der Waals surface area contributed by atoms with Crippen LogP contribution in [-0.4, -0.2) is 45.0 Å². The van der Waals surface area contributed by atoms with Gasteiger partial charge in [-0.1, -0.05) is 12.1 Å². The minimum absolute atomic E-state index is 0.0799. The van der Waals surface area contributed by atoms with Crippen LogP contribution in [0.5, 0.6) is 0 Å². The molecule has 7 nitrogen and oxygen atoms in total. The number of amides is 1. The number of aryl methyl sites for hydroxylation is 1. The number of hydrogen-bond acceptors (Lipinski definition) is 6. The van der Waals surface area contributed by atoms with Crippen molar-refractivity contribution in [3.63, 3.8) is 0 Å². The number of nitrogens with zero attached hydrogens (tertiary/aromatic N) is 1. The van der Waals surface area contributed by atoms with E-state index in [1.165, 1.54) is 18.2 Å². The van der Waals surface area contributed by atoms with Crippen molar-refractivity contribution in [1.82, 2.24) is 10.3 Å². The minimum Gasteiger partial charge on any atom is -0.349 e. The number of pyridine rings is 1. The van der Waals surface area contributed by atoms with Crippen LogP contribution in [0.2, 0.25) is 0 Å². The van der Waals surface area contributed by atoms with Gasteiger partial charge in [-0.2, -0.15) is 13.2 Å². The standard InChI is InChI=1S/C21H22F4N2O5S2/c1-13-4-3-5-16(10-13)34(31,32)20(22)8-6-15(7-9-20)26-19(28)14-11-17(21(23,24)25)27-18(12-14)33(2,29)30/h3-5,10-12,15H,6-9H2,1-2H3,(H,26,28). The lowest BCUT2D eigenvalue weighted by Crippen LogP contribution is -2.45. The van der Waals surface area contributed by atoms with E-state index < -0.39 is 71.9 Å². The first-order valence-corrected chi connectivity index (χ1v) is 13.5. The lowest BCUT2D eigenvalue weighted by Gasteiger charge is -2.34. The summed E-state index contributed by atoms with van der Waals surface area (Å²) in [5, 5.41) is -1.02. The Bertz CT molecular complexity index is 1320. The van der Waals surface area contributed by atoms with E-state index in [1.807, 2.05) is 0 Å². The molecule has 0 atom stereocenters. The number of hydrogen-bond donors (Lipinski definition) is 1. The van der Waals surface area contributed by atoms with Gasteiger partial charge >= 0.3 is 6.18 Å². The van der Waals surface area contributed by atoms with Crippen LogP contribution in [0, 0.1) is 6.92 Å². The van der Waals surface area contributed by atoms with E-state index in [0.29, 0.717) is 17.9 Å². The second-order valence-corrected chi connectivity index (χ2v) is 12.5. The monoisotopic (exact) mass is 522 g/mol. The first kappa shape index (κ1) is 26.1. The topological polar surface area (TPSA) is 110 Å². The maximum absolute atomic E-state index is 15.5. The van der Waals surface area contributed by atoms with Gasteiger partial charge in [-0.15, -0.1) is 0 Å². The van der Waals surface area contributed by atoms with Crippen LogP contribution >= 0.6 is 0 Å². The molecule has 2 aromatic rings. The summed E-state index contributed by atoms with van der Waals surface area (Å²) in [5.41, 5.74) is -1.47. The van der Waals surface area contributed by atoms with Gasteiger partial charge in [-0.05, 0) is 62.4 Å². The molecule has 1 heterocycles. The molecule has 1 aromatic carbocycles. The zero-order valence-corrected chi connectivity index (χ0v) is 19.8. The molecular formula is C21H22F4N2O5S2. The number of sulfone groups is 2. The summed E-state index contributed by atoms with van der Waals surface area (Å²) in [4.78, 5) is 15.5. The van der Waals surface area contributed by atoms with Crippen LogP contribution in [0.3, 0.4) is 0 Å². The van der Waals surface area contributed by atoms with E-state index in [-0.39, 0.29) is 17.7 Å². The first-order chi connectivity index (χ1) is 15.5. The van der Waals surface area contributed by atoms with Crippen molar-refractivity contribution in [3.8, 4) is 0 Å². The van der Waals surface area contributed by atoms with Crippen LogP contribution in [0.1, 0.15) is 47.3 Å². The highest BCUT2D eigenvalue weighted by Gasteiger charge is 2.48. The number of aromatic nitrogens is 1. The van der Waals surface area contributed by atoms with Gasteiger partial charge in [0.2, 0.25) is 14.8 Å². The number of rotatable bonds is 5. The molecule has 3 rings (SSSR count). The van der Waals surface area contributed by atoms with Crippen LogP contribution in [0.25, 0.3) is 0 Å². The Morgan fingerprint density at radius 3 is 2.24 bits per heavy atom. The van der Waals surface area contributed by atoms with Crippen LogP contribution < -0.4 is 5.32 Å². The first-order valence-electron chi connectivity index (χ1n) is 10.1. The van der Waals surface area contributed by atoms with Gasteiger partial charge in [-0.25, -0.2) is 26.2 Å². The average Bonchev–Trinajstić information content (AvgIpc) is 2.73. The van der Waals surface area contributed by atoms with Gasteiger partial charge in [0.25, 0.3) is 5.91 Å². The number of halogens is 4.